The first-order valence-electron chi connectivity index (χ1n) is 7.43. The fraction of sp³-hybridized carbons (Fsp3) is 0.235. The molecule has 0 fully saturated rings. The van der Waals surface area contributed by atoms with Gasteiger partial charge in [-0.15, -0.1) is 0 Å². The van der Waals surface area contributed by atoms with E-state index in [-0.39, 0.29) is 17.0 Å². The first-order valence-corrected chi connectivity index (χ1v) is 8.87. The van der Waals surface area contributed by atoms with Crippen LogP contribution in [0.4, 0.5) is 5.69 Å². The lowest BCUT2D eigenvalue weighted by Crippen LogP contribution is -2.33. The molecule has 1 amide bonds. The van der Waals surface area contributed by atoms with Crippen molar-refractivity contribution in [2.45, 2.75) is 17.9 Å². The fourth-order valence-electron chi connectivity index (χ4n) is 2.14. The van der Waals surface area contributed by atoms with Crippen molar-refractivity contribution in [3.8, 4) is 0 Å². The van der Waals surface area contributed by atoms with Gasteiger partial charge in [-0.1, -0.05) is 30.3 Å². The van der Waals surface area contributed by atoms with Crippen LogP contribution in [0.15, 0.2) is 59.5 Å². The number of amides is 1. The van der Waals surface area contributed by atoms with Crippen molar-refractivity contribution in [1.82, 2.24) is 5.32 Å². The van der Waals surface area contributed by atoms with Crippen LogP contribution in [0.25, 0.3) is 0 Å². The number of carbonyl (C=O) groups is 1. The van der Waals surface area contributed by atoms with Gasteiger partial charge in [0.15, 0.2) is 0 Å². The average Bonchev–Trinajstić information content (AvgIpc) is 2.59. The largest absolute Gasteiger partial charge is 0.392 e. The van der Waals surface area contributed by atoms with Crippen LogP contribution in [0.2, 0.25) is 0 Å². The first kappa shape index (κ1) is 18.0. The Morgan fingerprint density at radius 3 is 2.33 bits per heavy atom. The molecule has 0 saturated carbocycles. The molecule has 7 heteroatoms. The molecular formula is C17H20N2O4S. The molecule has 6 nitrogen and oxygen atoms in total. The third-order valence-electron chi connectivity index (χ3n) is 3.45. The van der Waals surface area contributed by atoms with Crippen LogP contribution in [0.3, 0.4) is 0 Å². The Bertz CT molecular complexity index is 804. The van der Waals surface area contributed by atoms with E-state index in [4.69, 9.17) is 0 Å². The molecule has 1 unspecified atom stereocenters. The van der Waals surface area contributed by atoms with Crippen LogP contribution in [-0.4, -0.2) is 39.1 Å². The molecule has 2 N–H and O–H groups in total. The summed E-state index contributed by atoms with van der Waals surface area (Å²) in [5.74, 6) is -0.545. The zero-order valence-corrected chi connectivity index (χ0v) is 14.3. The number of sulfonamides is 1. The van der Waals surface area contributed by atoms with Crippen LogP contribution in [0.5, 0.6) is 0 Å². The average molecular weight is 348 g/mol. The van der Waals surface area contributed by atoms with Gasteiger partial charge >= 0.3 is 0 Å². The van der Waals surface area contributed by atoms with Gasteiger partial charge in [0.2, 0.25) is 0 Å². The normalized spacial score (nSPS) is 12.5. The maximum Gasteiger partial charge on any atom is 0.264 e. The van der Waals surface area contributed by atoms with Crippen LogP contribution in [0.1, 0.15) is 17.3 Å². The second-order valence-electron chi connectivity index (χ2n) is 5.36. The van der Waals surface area contributed by atoms with Crippen LogP contribution >= 0.6 is 0 Å². The third kappa shape index (κ3) is 3.93. The van der Waals surface area contributed by atoms with Gasteiger partial charge in [0.05, 0.1) is 17.4 Å². The van der Waals surface area contributed by atoms with Crippen molar-refractivity contribution in [1.29, 1.82) is 0 Å². The number of hydrogen-bond donors (Lipinski definition) is 2. The molecule has 24 heavy (non-hydrogen) atoms. The number of carbonyl (C=O) groups excluding carboxylic acids is 1. The van der Waals surface area contributed by atoms with Gasteiger partial charge in [-0.2, -0.15) is 0 Å². The van der Waals surface area contributed by atoms with Gasteiger partial charge in [-0.3, -0.25) is 9.10 Å². The Hall–Kier alpha value is -2.38. The Morgan fingerprint density at radius 2 is 1.71 bits per heavy atom. The summed E-state index contributed by atoms with van der Waals surface area (Å²) in [5.41, 5.74) is 0.539. The lowest BCUT2D eigenvalue weighted by molar-refractivity contribution is 0.0921. The lowest BCUT2D eigenvalue weighted by atomic mass is 10.2. The number of nitrogens with zero attached hydrogens (tertiary/aromatic N) is 1. The van der Waals surface area contributed by atoms with E-state index >= 15 is 0 Å². The predicted molar refractivity (Wildman–Crippen MR) is 92.5 cm³/mol. The van der Waals surface area contributed by atoms with E-state index in [0.717, 1.165) is 4.31 Å². The summed E-state index contributed by atoms with van der Waals surface area (Å²) in [7, 11) is -2.46. The van der Waals surface area contributed by atoms with Crippen LogP contribution in [0, 0.1) is 0 Å². The molecule has 128 valence electrons. The Labute approximate surface area is 141 Å². The summed E-state index contributed by atoms with van der Waals surface area (Å²) in [5, 5.41) is 11.8. The van der Waals surface area contributed by atoms with Gasteiger partial charge in [0.1, 0.15) is 4.90 Å². The summed E-state index contributed by atoms with van der Waals surface area (Å²) in [6, 6.07) is 14.6. The van der Waals surface area contributed by atoms with Gasteiger partial charge in [-0.25, -0.2) is 8.42 Å². The minimum absolute atomic E-state index is 0.0425. The topological polar surface area (TPSA) is 86.7 Å². The summed E-state index contributed by atoms with van der Waals surface area (Å²) in [6.07, 6.45) is -0.718. The van der Waals surface area contributed by atoms with E-state index in [1.807, 2.05) is 0 Å². The smallest absolute Gasteiger partial charge is 0.264 e. The maximum atomic E-state index is 12.9. The number of aliphatic hydroxyl groups excluding tert-OH is 1. The van der Waals surface area contributed by atoms with E-state index < -0.39 is 22.0 Å². The number of rotatable bonds is 6. The quantitative estimate of drug-likeness (QED) is 0.830. The monoisotopic (exact) mass is 348 g/mol. The zero-order valence-electron chi connectivity index (χ0n) is 13.5. The number of para-hydroxylation sites is 1. The van der Waals surface area contributed by atoms with Crippen molar-refractivity contribution in [3.63, 3.8) is 0 Å². The number of aliphatic hydroxyl groups is 1. The van der Waals surface area contributed by atoms with Crippen molar-refractivity contribution in [3.05, 3.63) is 60.2 Å². The summed E-state index contributed by atoms with van der Waals surface area (Å²) >= 11 is 0. The van der Waals surface area contributed by atoms with Gasteiger partial charge in [0.25, 0.3) is 15.9 Å². The highest BCUT2D eigenvalue weighted by Crippen LogP contribution is 2.24. The maximum absolute atomic E-state index is 12.9. The van der Waals surface area contributed by atoms with E-state index in [2.05, 4.69) is 5.32 Å². The second-order valence-corrected chi connectivity index (χ2v) is 7.30. The second kappa shape index (κ2) is 7.46. The minimum atomic E-state index is -3.90. The fourth-order valence-corrected chi connectivity index (χ4v) is 3.52. The van der Waals surface area contributed by atoms with E-state index in [1.54, 1.807) is 42.5 Å². The molecule has 0 aliphatic carbocycles. The molecule has 2 aromatic rings. The number of anilines is 1. The Kier molecular flexibility index (Phi) is 5.58. The van der Waals surface area contributed by atoms with E-state index in [1.165, 1.54) is 26.1 Å². The summed E-state index contributed by atoms with van der Waals surface area (Å²) in [4.78, 5) is 12.2. The van der Waals surface area contributed by atoms with Crippen molar-refractivity contribution >= 4 is 21.6 Å². The van der Waals surface area contributed by atoms with Crippen molar-refractivity contribution in [2.24, 2.45) is 0 Å². The van der Waals surface area contributed by atoms with Crippen molar-refractivity contribution in [2.75, 3.05) is 17.9 Å². The molecule has 2 aromatic carbocycles. The first-order chi connectivity index (χ1) is 11.3. The zero-order chi connectivity index (χ0) is 17.7. The Morgan fingerprint density at radius 1 is 1.12 bits per heavy atom. The predicted octanol–water partition coefficient (Wildman–Crippen LogP) is 1.62. The van der Waals surface area contributed by atoms with Crippen LogP contribution < -0.4 is 9.62 Å². The highest BCUT2D eigenvalue weighted by molar-refractivity contribution is 7.92. The molecule has 0 heterocycles. The SMILES string of the molecule is CC(O)CNC(=O)c1ccccc1S(=O)(=O)N(C)c1ccccc1. The number of hydrogen-bond acceptors (Lipinski definition) is 4. The van der Waals surface area contributed by atoms with Gasteiger partial charge in [0, 0.05) is 13.6 Å². The molecule has 0 spiro atoms. The summed E-state index contributed by atoms with van der Waals surface area (Å²) < 4.78 is 26.9. The highest BCUT2D eigenvalue weighted by Gasteiger charge is 2.26. The Balaban J connectivity index is 2.39. The number of nitrogens with one attached hydrogen (secondary N) is 1. The molecular weight excluding hydrogens is 328 g/mol. The molecule has 0 aliphatic rings. The molecule has 0 radical (unpaired) electrons. The standard InChI is InChI=1S/C17H20N2O4S/c1-13(20)12-18-17(21)15-10-6-7-11-16(15)24(22,23)19(2)14-8-4-3-5-9-14/h3-11,13,20H,12H2,1-2H3,(H,18,21). The van der Waals surface area contributed by atoms with Crippen molar-refractivity contribution < 1.29 is 18.3 Å². The third-order valence-corrected chi connectivity index (χ3v) is 5.29. The van der Waals surface area contributed by atoms with E-state index in [0.29, 0.717) is 5.69 Å². The lowest BCUT2D eigenvalue weighted by Gasteiger charge is -2.21. The molecule has 0 saturated heterocycles. The van der Waals surface area contributed by atoms with Crippen LogP contribution in [-0.2, 0) is 10.0 Å². The summed E-state index contributed by atoms with van der Waals surface area (Å²) in [6.45, 7) is 1.58. The minimum Gasteiger partial charge on any atom is -0.392 e. The van der Waals surface area contributed by atoms with E-state index in [9.17, 15) is 18.3 Å². The highest BCUT2D eigenvalue weighted by atomic mass is 32.2. The van der Waals surface area contributed by atoms with Gasteiger partial charge < -0.3 is 10.4 Å². The molecule has 2 rings (SSSR count). The number of benzene rings is 2. The molecule has 0 bridgehead atoms. The van der Waals surface area contributed by atoms with Gasteiger partial charge in [-0.05, 0) is 31.2 Å². The molecule has 0 aromatic heterocycles. The molecule has 1 atom stereocenters. The molecule has 0 aliphatic heterocycles.